The van der Waals surface area contributed by atoms with Crippen LogP contribution < -0.4 is 5.32 Å². The highest BCUT2D eigenvalue weighted by molar-refractivity contribution is 4.77. The van der Waals surface area contributed by atoms with Crippen molar-refractivity contribution in [3.8, 4) is 0 Å². The van der Waals surface area contributed by atoms with Gasteiger partial charge in [-0.3, -0.25) is 0 Å². The minimum Gasteiger partial charge on any atom is -0.394 e. The molecule has 1 aliphatic rings. The lowest BCUT2D eigenvalue weighted by molar-refractivity contribution is 0.0910. The number of aliphatic hydroxyl groups excluding tert-OH is 1. The number of rotatable bonds is 7. The van der Waals surface area contributed by atoms with Gasteiger partial charge in [-0.25, -0.2) is 0 Å². The summed E-state index contributed by atoms with van der Waals surface area (Å²) in [6, 6.07) is 0.696. The van der Waals surface area contributed by atoms with Crippen LogP contribution in [0.2, 0.25) is 0 Å². The third-order valence-electron chi connectivity index (χ3n) is 3.28. The summed E-state index contributed by atoms with van der Waals surface area (Å²) >= 11 is 0. The highest BCUT2D eigenvalue weighted by Crippen LogP contribution is 2.26. The van der Waals surface area contributed by atoms with Crippen LogP contribution in [0.25, 0.3) is 0 Å². The van der Waals surface area contributed by atoms with E-state index in [1.165, 1.54) is 32.1 Å². The maximum atomic E-state index is 8.54. The molecule has 0 bridgehead atoms. The molecule has 0 aromatic rings. The molecule has 0 heterocycles. The fraction of sp³-hybridized carbons (Fsp3) is 1.00. The molecule has 0 aliphatic heterocycles. The normalized spacial score (nSPS) is 26.8. The van der Waals surface area contributed by atoms with Crippen molar-refractivity contribution >= 4 is 0 Å². The summed E-state index contributed by atoms with van der Waals surface area (Å²) in [4.78, 5) is 0. The number of aliphatic hydroxyl groups is 1. The van der Waals surface area contributed by atoms with Crippen LogP contribution in [0.3, 0.4) is 0 Å². The Labute approximate surface area is 93.2 Å². The average molecular weight is 215 g/mol. The first kappa shape index (κ1) is 12.9. The standard InChI is InChI=1S/C12H25NO2/c1-2-11-4-3-5-12(10-11)13-6-8-15-9-7-14/h11-14H,2-10H2,1H3. The number of nitrogens with one attached hydrogen (secondary N) is 1. The topological polar surface area (TPSA) is 41.5 Å². The van der Waals surface area contributed by atoms with E-state index in [2.05, 4.69) is 12.2 Å². The van der Waals surface area contributed by atoms with E-state index in [4.69, 9.17) is 9.84 Å². The summed E-state index contributed by atoms with van der Waals surface area (Å²) < 4.78 is 5.21. The van der Waals surface area contributed by atoms with Crippen molar-refractivity contribution in [2.75, 3.05) is 26.4 Å². The van der Waals surface area contributed by atoms with Gasteiger partial charge in [0.05, 0.1) is 19.8 Å². The minimum absolute atomic E-state index is 0.126. The SMILES string of the molecule is CCC1CCCC(NCCOCCO)C1. The van der Waals surface area contributed by atoms with Crippen LogP contribution in [0, 0.1) is 5.92 Å². The summed E-state index contributed by atoms with van der Waals surface area (Å²) in [7, 11) is 0. The highest BCUT2D eigenvalue weighted by Gasteiger charge is 2.19. The number of hydrogen-bond donors (Lipinski definition) is 2. The molecule has 1 fully saturated rings. The lowest BCUT2D eigenvalue weighted by Crippen LogP contribution is -2.36. The summed E-state index contributed by atoms with van der Waals surface area (Å²) in [6.07, 6.45) is 6.75. The van der Waals surface area contributed by atoms with Gasteiger partial charge >= 0.3 is 0 Å². The molecule has 1 rings (SSSR count). The Balaban J connectivity index is 2.00. The molecule has 0 radical (unpaired) electrons. The maximum absolute atomic E-state index is 8.54. The molecule has 2 unspecified atom stereocenters. The number of hydrogen-bond acceptors (Lipinski definition) is 3. The van der Waals surface area contributed by atoms with Gasteiger partial charge in [0.15, 0.2) is 0 Å². The Hall–Kier alpha value is -0.120. The van der Waals surface area contributed by atoms with Crippen LogP contribution in [-0.4, -0.2) is 37.5 Å². The van der Waals surface area contributed by atoms with E-state index in [1.807, 2.05) is 0 Å². The van der Waals surface area contributed by atoms with E-state index in [0.717, 1.165) is 12.5 Å². The zero-order valence-corrected chi connectivity index (χ0v) is 9.87. The Bertz CT molecular complexity index is 153. The summed E-state index contributed by atoms with van der Waals surface area (Å²) in [5.74, 6) is 0.926. The molecule has 0 spiro atoms. The number of ether oxygens (including phenoxy) is 1. The second kappa shape index (κ2) is 8.08. The van der Waals surface area contributed by atoms with Crippen LogP contribution in [0.1, 0.15) is 39.0 Å². The highest BCUT2D eigenvalue weighted by atomic mass is 16.5. The van der Waals surface area contributed by atoms with E-state index in [9.17, 15) is 0 Å². The van der Waals surface area contributed by atoms with E-state index >= 15 is 0 Å². The zero-order valence-electron chi connectivity index (χ0n) is 9.87. The Morgan fingerprint density at radius 1 is 1.33 bits per heavy atom. The van der Waals surface area contributed by atoms with Gasteiger partial charge < -0.3 is 15.2 Å². The largest absolute Gasteiger partial charge is 0.394 e. The van der Waals surface area contributed by atoms with Crippen molar-refractivity contribution in [2.24, 2.45) is 5.92 Å². The lowest BCUT2D eigenvalue weighted by Gasteiger charge is -2.29. The van der Waals surface area contributed by atoms with Crippen molar-refractivity contribution < 1.29 is 9.84 Å². The van der Waals surface area contributed by atoms with Crippen molar-refractivity contribution in [1.82, 2.24) is 5.32 Å². The summed E-state index contributed by atoms with van der Waals surface area (Å²) in [6.45, 7) is 4.51. The Morgan fingerprint density at radius 3 is 2.93 bits per heavy atom. The molecule has 3 nitrogen and oxygen atoms in total. The van der Waals surface area contributed by atoms with E-state index < -0.39 is 0 Å². The lowest BCUT2D eigenvalue weighted by atomic mass is 9.84. The molecular weight excluding hydrogens is 190 g/mol. The maximum Gasteiger partial charge on any atom is 0.0698 e. The Kier molecular flexibility index (Phi) is 6.98. The van der Waals surface area contributed by atoms with Gasteiger partial charge in [-0.1, -0.05) is 26.2 Å². The molecule has 0 saturated heterocycles. The molecule has 2 atom stereocenters. The second-order valence-corrected chi connectivity index (χ2v) is 4.43. The van der Waals surface area contributed by atoms with Crippen LogP contribution in [-0.2, 0) is 4.74 Å². The fourth-order valence-corrected chi connectivity index (χ4v) is 2.35. The molecule has 3 heteroatoms. The van der Waals surface area contributed by atoms with E-state index in [1.54, 1.807) is 0 Å². The Morgan fingerprint density at radius 2 is 2.20 bits per heavy atom. The van der Waals surface area contributed by atoms with Crippen LogP contribution in [0.4, 0.5) is 0 Å². The molecule has 0 aromatic heterocycles. The van der Waals surface area contributed by atoms with E-state index in [0.29, 0.717) is 19.3 Å². The third kappa shape index (κ3) is 5.50. The first-order chi connectivity index (χ1) is 7.36. The first-order valence-corrected chi connectivity index (χ1v) is 6.28. The fourth-order valence-electron chi connectivity index (χ4n) is 2.35. The molecular formula is C12H25NO2. The van der Waals surface area contributed by atoms with Crippen LogP contribution in [0.15, 0.2) is 0 Å². The first-order valence-electron chi connectivity index (χ1n) is 6.28. The van der Waals surface area contributed by atoms with Gasteiger partial charge in [0.1, 0.15) is 0 Å². The average Bonchev–Trinajstić information content (AvgIpc) is 2.29. The minimum atomic E-state index is 0.126. The predicted molar refractivity (Wildman–Crippen MR) is 61.9 cm³/mol. The predicted octanol–water partition coefficient (Wildman–Crippen LogP) is 1.55. The van der Waals surface area contributed by atoms with Gasteiger partial charge in [-0.05, 0) is 18.8 Å². The van der Waals surface area contributed by atoms with Crippen molar-refractivity contribution in [1.29, 1.82) is 0 Å². The van der Waals surface area contributed by atoms with Crippen molar-refractivity contribution in [3.63, 3.8) is 0 Å². The second-order valence-electron chi connectivity index (χ2n) is 4.43. The molecule has 0 amide bonds. The van der Waals surface area contributed by atoms with Crippen molar-refractivity contribution in [3.05, 3.63) is 0 Å². The van der Waals surface area contributed by atoms with Gasteiger partial charge in [0, 0.05) is 12.6 Å². The summed E-state index contributed by atoms with van der Waals surface area (Å²) in [5, 5.41) is 12.1. The monoisotopic (exact) mass is 215 g/mol. The van der Waals surface area contributed by atoms with Gasteiger partial charge in [-0.2, -0.15) is 0 Å². The molecule has 0 aromatic carbocycles. The van der Waals surface area contributed by atoms with Crippen molar-refractivity contribution in [2.45, 2.75) is 45.1 Å². The smallest absolute Gasteiger partial charge is 0.0698 e. The van der Waals surface area contributed by atoms with Gasteiger partial charge in [0.2, 0.25) is 0 Å². The summed E-state index contributed by atoms with van der Waals surface area (Å²) in [5.41, 5.74) is 0. The third-order valence-corrected chi connectivity index (χ3v) is 3.28. The quantitative estimate of drug-likeness (QED) is 0.633. The molecule has 90 valence electrons. The zero-order chi connectivity index (χ0) is 10.9. The molecule has 2 N–H and O–H groups in total. The van der Waals surface area contributed by atoms with Gasteiger partial charge in [-0.15, -0.1) is 0 Å². The van der Waals surface area contributed by atoms with Crippen LogP contribution in [0.5, 0.6) is 0 Å². The van der Waals surface area contributed by atoms with Gasteiger partial charge in [0.25, 0.3) is 0 Å². The molecule has 15 heavy (non-hydrogen) atoms. The molecule has 1 aliphatic carbocycles. The van der Waals surface area contributed by atoms with E-state index in [-0.39, 0.29) is 6.61 Å². The molecule has 1 saturated carbocycles. The van der Waals surface area contributed by atoms with Crippen LogP contribution >= 0.6 is 0 Å².